The molecule has 29 heavy (non-hydrogen) atoms. The Morgan fingerprint density at radius 2 is 1.38 bits per heavy atom. The van der Waals surface area contributed by atoms with E-state index in [-0.39, 0.29) is 31.9 Å². The number of nitrogens with one attached hydrogen (secondary N) is 2. The van der Waals surface area contributed by atoms with Crippen LogP contribution < -0.4 is 16.4 Å². The fourth-order valence-electron chi connectivity index (χ4n) is 2.07. The summed E-state index contributed by atoms with van der Waals surface area (Å²) in [6, 6.07) is -2.48. The summed E-state index contributed by atoms with van der Waals surface area (Å²) >= 11 is 7.76. The number of hydrogen-bond acceptors (Lipinski definition) is 12. The second-order valence-electron chi connectivity index (χ2n) is 5.86. The first-order valence-electron chi connectivity index (χ1n) is 8.30. The van der Waals surface area contributed by atoms with Crippen molar-refractivity contribution in [3.8, 4) is 0 Å². The van der Waals surface area contributed by atoms with E-state index in [2.05, 4.69) is 35.9 Å². The van der Waals surface area contributed by atoms with Crippen LogP contribution in [0.25, 0.3) is 0 Å². The smallest absolute Gasteiger partial charge is 0.321 e. The number of hydrogen-bond donors (Lipinski definition) is 11. The van der Waals surface area contributed by atoms with Gasteiger partial charge in [-0.15, -0.1) is 0 Å². The van der Waals surface area contributed by atoms with Crippen LogP contribution >= 0.6 is 25.3 Å². The fourth-order valence-corrected chi connectivity index (χ4v) is 2.64. The molecule has 1 saturated heterocycles. The molecule has 1 radical (unpaired) electrons. The molecule has 7 atom stereocenters. The van der Waals surface area contributed by atoms with Crippen molar-refractivity contribution in [3.05, 3.63) is 0 Å². The molecule has 1 rings (SSSR count). The van der Waals surface area contributed by atoms with Gasteiger partial charge in [-0.05, 0) is 0 Å². The molecular weight excluding hydrogens is 605 g/mol. The first-order chi connectivity index (χ1) is 13.1. The minimum Gasteiger partial charge on any atom is -0.480 e. The number of aliphatic carboxylic acids is 2. The zero-order chi connectivity index (χ0) is 21.9. The average Bonchev–Trinajstić information content (AvgIpc) is 2.65. The van der Waals surface area contributed by atoms with Crippen LogP contribution in [0.15, 0.2) is 0 Å². The van der Waals surface area contributed by atoms with E-state index < -0.39 is 61.3 Å². The maximum Gasteiger partial charge on any atom is 0.321 e. The molecule has 0 aromatic carbocycles. The van der Waals surface area contributed by atoms with Gasteiger partial charge in [-0.2, -0.15) is 25.3 Å². The topological polar surface area (TPSA) is 215 Å². The zero-order valence-electron chi connectivity index (χ0n) is 15.3. The van der Waals surface area contributed by atoms with Crippen molar-refractivity contribution in [2.24, 2.45) is 5.73 Å². The minimum atomic E-state index is -1.35. The molecule has 0 bridgehead atoms. The van der Waals surface area contributed by atoms with Crippen LogP contribution in [0.5, 0.6) is 0 Å². The van der Waals surface area contributed by atoms with Crippen LogP contribution in [0, 0.1) is 0 Å². The van der Waals surface area contributed by atoms with Crippen LogP contribution in [0.1, 0.15) is 0 Å². The number of carboxylic acids is 2. The Labute approximate surface area is 192 Å². The summed E-state index contributed by atoms with van der Waals surface area (Å²) in [6.07, 6.45) is -4.85. The quantitative estimate of drug-likeness (QED) is 0.0814. The van der Waals surface area contributed by atoms with Crippen LogP contribution in [0.2, 0.25) is 0 Å². The summed E-state index contributed by atoms with van der Waals surface area (Å²) in [5.74, 6) is -1.58. The summed E-state index contributed by atoms with van der Waals surface area (Å²) in [6.45, 7) is 0.242. The Bertz CT molecular complexity index is 455. The molecule has 1 heterocycles. The first-order valence-corrected chi connectivity index (χ1v) is 9.57. The molecule has 1 fully saturated rings. The number of thiol groups is 2. The standard InChI is InChI=1S/C8H16N2O4S2.C6H13NO5.Re/c11-7(12)5(3-15)9-1-2-10-6(4-16)8(13)14;7-3-5(10)4(9)2(1-8)12-6(3)11;/h5-6,9-10,15-16H,1-4H2,(H,11,12)(H,13,14);2-6,8-11H,1,7H2;/t5-,6-;2-,3-,4-,5-,6?;/m01./s1. The molecule has 1 unspecified atom stereocenters. The van der Waals surface area contributed by atoms with Gasteiger partial charge in [0, 0.05) is 45.0 Å². The predicted octanol–water partition coefficient (Wildman–Crippen LogP) is -4.33. The molecule has 12 nitrogen and oxygen atoms in total. The van der Waals surface area contributed by atoms with Crippen molar-refractivity contribution in [3.63, 3.8) is 0 Å². The maximum atomic E-state index is 10.6. The maximum absolute atomic E-state index is 10.6. The van der Waals surface area contributed by atoms with Gasteiger partial charge in [0.2, 0.25) is 0 Å². The first kappa shape index (κ1) is 31.2. The number of carbonyl (C=O) groups is 2. The van der Waals surface area contributed by atoms with Crippen LogP contribution in [-0.4, -0.2) is 117 Å². The Balaban J connectivity index is 0. The van der Waals surface area contributed by atoms with Gasteiger partial charge in [0.1, 0.15) is 30.4 Å². The second-order valence-corrected chi connectivity index (χ2v) is 6.59. The number of aliphatic hydroxyl groups excluding tert-OH is 4. The Hall–Kier alpha value is -0.0177. The third-order valence-corrected chi connectivity index (χ3v) is 4.55. The van der Waals surface area contributed by atoms with Gasteiger partial charge in [0.15, 0.2) is 6.29 Å². The number of rotatable bonds is 10. The molecule has 0 aromatic rings. The summed E-state index contributed by atoms with van der Waals surface area (Å²) in [5.41, 5.74) is 5.26. The fraction of sp³-hybridized carbons (Fsp3) is 0.857. The van der Waals surface area contributed by atoms with Gasteiger partial charge in [-0.25, -0.2) is 0 Å². The number of ether oxygens (including phenoxy) is 1. The Morgan fingerprint density at radius 3 is 1.69 bits per heavy atom. The van der Waals surface area contributed by atoms with Crippen LogP contribution in [0.4, 0.5) is 0 Å². The van der Waals surface area contributed by atoms with E-state index in [0.717, 1.165) is 0 Å². The summed E-state index contributed by atoms with van der Waals surface area (Å²) in [7, 11) is 0. The molecule has 1 aliphatic heterocycles. The van der Waals surface area contributed by atoms with Gasteiger partial charge in [0.05, 0.1) is 12.6 Å². The van der Waals surface area contributed by atoms with Gasteiger partial charge >= 0.3 is 11.9 Å². The molecule has 0 spiro atoms. The van der Waals surface area contributed by atoms with Gasteiger partial charge in [0.25, 0.3) is 0 Å². The summed E-state index contributed by atoms with van der Waals surface area (Å²) < 4.78 is 4.70. The van der Waals surface area contributed by atoms with E-state index >= 15 is 0 Å². The Kier molecular flexibility index (Phi) is 17.9. The third kappa shape index (κ3) is 11.2. The molecule has 0 amide bonds. The molecule has 10 N–H and O–H groups in total. The van der Waals surface area contributed by atoms with E-state index in [1.807, 2.05) is 0 Å². The van der Waals surface area contributed by atoms with Crippen LogP contribution in [-0.2, 0) is 34.7 Å². The number of aliphatic hydroxyl groups is 4. The van der Waals surface area contributed by atoms with E-state index in [4.69, 9.17) is 30.9 Å². The zero-order valence-corrected chi connectivity index (χ0v) is 19.8. The largest absolute Gasteiger partial charge is 0.480 e. The SMILES string of the molecule is N[C@H]1C(O)O[C@H](CO)[C@@H](O)[C@@H]1O.O=C(O)[C@H](CS)NCCN[C@@H](CS)C(=O)O.[Re]. The Morgan fingerprint density at radius 1 is 0.966 bits per heavy atom. The van der Waals surface area contributed by atoms with Crippen molar-refractivity contribution in [2.75, 3.05) is 31.2 Å². The summed E-state index contributed by atoms with van der Waals surface area (Å²) in [5, 5.41) is 58.9. The van der Waals surface area contributed by atoms with Gasteiger partial charge in [-0.1, -0.05) is 0 Å². The minimum absolute atomic E-state index is 0. The average molecular weight is 634 g/mol. The molecule has 15 heteroatoms. The monoisotopic (exact) mass is 634 g/mol. The van der Waals surface area contributed by atoms with Crippen molar-refractivity contribution >= 4 is 37.2 Å². The van der Waals surface area contributed by atoms with Crippen LogP contribution in [0.3, 0.4) is 0 Å². The third-order valence-electron chi connectivity index (χ3n) is 3.82. The van der Waals surface area contributed by atoms with Crippen molar-refractivity contribution < 1.29 is 65.4 Å². The summed E-state index contributed by atoms with van der Waals surface area (Å²) in [4.78, 5) is 21.2. The predicted molar refractivity (Wildman–Crippen MR) is 105 cm³/mol. The molecule has 0 aliphatic carbocycles. The van der Waals surface area contributed by atoms with Gasteiger partial charge in [-0.3, -0.25) is 9.59 Å². The normalized spacial score (nSPS) is 28.3. The van der Waals surface area contributed by atoms with Crippen molar-refractivity contribution in [1.29, 1.82) is 0 Å². The van der Waals surface area contributed by atoms with Gasteiger partial charge < -0.3 is 51.7 Å². The second kappa shape index (κ2) is 16.6. The molecule has 1 aliphatic rings. The van der Waals surface area contributed by atoms with E-state index in [0.29, 0.717) is 13.1 Å². The number of carboxylic acid groups (broad SMARTS) is 2. The molecule has 0 saturated carbocycles. The van der Waals surface area contributed by atoms with Crippen molar-refractivity contribution in [1.82, 2.24) is 10.6 Å². The van der Waals surface area contributed by atoms with E-state index in [1.54, 1.807) is 0 Å². The molecule has 173 valence electrons. The van der Waals surface area contributed by atoms with Crippen molar-refractivity contribution in [2.45, 2.75) is 42.7 Å². The molecular formula is C14H29N3O9ReS2. The number of nitrogens with two attached hydrogens (primary N) is 1. The van der Waals surface area contributed by atoms with E-state index in [1.165, 1.54) is 0 Å². The van der Waals surface area contributed by atoms with E-state index in [9.17, 15) is 19.8 Å². The molecule has 0 aromatic heterocycles.